The molecule has 2 aromatic carbocycles. The van der Waals surface area contributed by atoms with E-state index in [1.807, 2.05) is 0 Å². The normalized spacial score (nSPS) is 16.9. The minimum Gasteiger partial charge on any atom is -0.454 e. The lowest BCUT2D eigenvalue weighted by Crippen LogP contribution is -2.50. The van der Waals surface area contributed by atoms with Gasteiger partial charge >= 0.3 is 0 Å². The number of piperazine rings is 1. The SMILES string of the molecule is O=C(C=Cc1cc(Cl)c2c(c1)OCO2)N1CCN(S(=O)(=O)c2cccc(F)c2)CC1. The second-order valence-electron chi connectivity index (χ2n) is 6.76. The molecule has 1 fully saturated rings. The quantitative estimate of drug-likeness (QED) is 0.667. The fraction of sp³-hybridized carbons (Fsp3) is 0.250. The summed E-state index contributed by atoms with van der Waals surface area (Å²) in [5, 5.41) is 0.397. The highest BCUT2D eigenvalue weighted by Gasteiger charge is 2.29. The summed E-state index contributed by atoms with van der Waals surface area (Å²) in [6.45, 7) is 0.839. The highest BCUT2D eigenvalue weighted by atomic mass is 35.5. The third-order valence-electron chi connectivity index (χ3n) is 4.85. The average molecular weight is 453 g/mol. The van der Waals surface area contributed by atoms with Gasteiger partial charge in [0, 0.05) is 32.3 Å². The van der Waals surface area contributed by atoms with Crippen LogP contribution in [0.25, 0.3) is 6.08 Å². The zero-order chi connectivity index (χ0) is 21.3. The maximum absolute atomic E-state index is 13.4. The summed E-state index contributed by atoms with van der Waals surface area (Å²) in [4.78, 5) is 14.0. The Morgan fingerprint density at radius 2 is 1.87 bits per heavy atom. The summed E-state index contributed by atoms with van der Waals surface area (Å²) >= 11 is 6.14. The van der Waals surface area contributed by atoms with Gasteiger partial charge in [-0.3, -0.25) is 4.79 Å². The van der Waals surface area contributed by atoms with Gasteiger partial charge in [0.25, 0.3) is 0 Å². The van der Waals surface area contributed by atoms with E-state index in [1.165, 1.54) is 28.6 Å². The molecule has 0 spiro atoms. The molecule has 0 radical (unpaired) electrons. The molecule has 7 nitrogen and oxygen atoms in total. The lowest BCUT2D eigenvalue weighted by atomic mass is 10.2. The third kappa shape index (κ3) is 4.14. The summed E-state index contributed by atoms with van der Waals surface area (Å²) in [5.41, 5.74) is 0.685. The van der Waals surface area contributed by atoms with Crippen molar-refractivity contribution < 1.29 is 27.1 Å². The van der Waals surface area contributed by atoms with Gasteiger partial charge in [-0.25, -0.2) is 12.8 Å². The van der Waals surface area contributed by atoms with Crippen molar-refractivity contribution in [3.05, 3.63) is 58.9 Å². The topological polar surface area (TPSA) is 76.2 Å². The van der Waals surface area contributed by atoms with Gasteiger partial charge in [0.05, 0.1) is 9.92 Å². The first-order chi connectivity index (χ1) is 14.3. The fourth-order valence-corrected chi connectivity index (χ4v) is 5.01. The smallest absolute Gasteiger partial charge is 0.246 e. The first-order valence-electron chi connectivity index (χ1n) is 9.16. The summed E-state index contributed by atoms with van der Waals surface area (Å²) < 4.78 is 50.5. The largest absolute Gasteiger partial charge is 0.454 e. The second kappa shape index (κ2) is 8.25. The van der Waals surface area contributed by atoms with Gasteiger partial charge in [0.15, 0.2) is 11.5 Å². The first-order valence-corrected chi connectivity index (χ1v) is 11.0. The zero-order valence-electron chi connectivity index (χ0n) is 15.8. The van der Waals surface area contributed by atoms with Crippen molar-refractivity contribution >= 4 is 33.6 Å². The number of rotatable bonds is 4. The maximum atomic E-state index is 13.4. The molecular weight excluding hydrogens is 435 g/mol. The van der Waals surface area contributed by atoms with E-state index in [-0.39, 0.29) is 43.8 Å². The zero-order valence-corrected chi connectivity index (χ0v) is 17.3. The molecule has 0 atom stereocenters. The Labute approximate surface area is 178 Å². The standard InChI is InChI=1S/C20H18ClFN2O5S/c21-17-10-14(11-18-20(17)29-13-28-18)4-5-19(25)23-6-8-24(9-7-23)30(26,27)16-3-1-2-15(22)12-16/h1-5,10-12H,6-9,13H2. The van der Waals surface area contributed by atoms with E-state index in [9.17, 15) is 17.6 Å². The van der Waals surface area contributed by atoms with E-state index in [1.54, 1.807) is 23.1 Å². The number of fused-ring (bicyclic) bond motifs is 1. The van der Waals surface area contributed by atoms with E-state index in [2.05, 4.69) is 0 Å². The molecule has 158 valence electrons. The van der Waals surface area contributed by atoms with Crippen molar-refractivity contribution in [2.45, 2.75) is 4.90 Å². The molecule has 1 saturated heterocycles. The predicted molar refractivity (Wildman–Crippen MR) is 108 cm³/mol. The van der Waals surface area contributed by atoms with E-state index in [0.29, 0.717) is 22.1 Å². The molecule has 0 aromatic heterocycles. The average Bonchev–Trinajstić information content (AvgIpc) is 3.21. The molecule has 4 rings (SSSR count). The Kier molecular flexibility index (Phi) is 5.68. The van der Waals surface area contributed by atoms with Gasteiger partial charge in [-0.15, -0.1) is 0 Å². The van der Waals surface area contributed by atoms with Crippen molar-refractivity contribution in [1.82, 2.24) is 9.21 Å². The van der Waals surface area contributed by atoms with Crippen molar-refractivity contribution in [3.8, 4) is 11.5 Å². The lowest BCUT2D eigenvalue weighted by Gasteiger charge is -2.33. The van der Waals surface area contributed by atoms with Gasteiger partial charge in [0.2, 0.25) is 22.7 Å². The lowest BCUT2D eigenvalue weighted by molar-refractivity contribution is -0.127. The monoisotopic (exact) mass is 452 g/mol. The van der Waals surface area contributed by atoms with E-state index >= 15 is 0 Å². The van der Waals surface area contributed by atoms with E-state index in [0.717, 1.165) is 6.07 Å². The minimum atomic E-state index is -3.80. The number of carbonyl (C=O) groups excluding carboxylic acids is 1. The Balaban J connectivity index is 1.39. The third-order valence-corrected chi connectivity index (χ3v) is 7.03. The van der Waals surface area contributed by atoms with Crippen LogP contribution in [-0.2, 0) is 14.8 Å². The Bertz CT molecular complexity index is 1110. The van der Waals surface area contributed by atoms with E-state index in [4.69, 9.17) is 21.1 Å². The van der Waals surface area contributed by atoms with Crippen LogP contribution < -0.4 is 9.47 Å². The Morgan fingerprint density at radius 3 is 2.60 bits per heavy atom. The number of hydrogen-bond donors (Lipinski definition) is 0. The van der Waals surface area contributed by atoms with Gasteiger partial charge in [-0.05, 0) is 42.0 Å². The molecule has 0 aliphatic carbocycles. The molecule has 0 bridgehead atoms. The molecule has 2 heterocycles. The Hall–Kier alpha value is -2.62. The van der Waals surface area contributed by atoms with Crippen molar-refractivity contribution in [1.29, 1.82) is 0 Å². The van der Waals surface area contributed by atoms with Crippen molar-refractivity contribution in [3.63, 3.8) is 0 Å². The molecule has 30 heavy (non-hydrogen) atoms. The number of halogens is 2. The van der Waals surface area contributed by atoms with Crippen LogP contribution in [0.2, 0.25) is 5.02 Å². The van der Waals surface area contributed by atoms with Gasteiger partial charge in [-0.1, -0.05) is 17.7 Å². The molecular formula is C20H18ClFN2O5S. The van der Waals surface area contributed by atoms with Crippen LogP contribution >= 0.6 is 11.6 Å². The minimum absolute atomic E-state index is 0.0955. The summed E-state index contributed by atoms with van der Waals surface area (Å²) in [5.74, 6) is 0.145. The Morgan fingerprint density at radius 1 is 1.10 bits per heavy atom. The number of amides is 1. The van der Waals surface area contributed by atoms with Crippen LogP contribution in [0.5, 0.6) is 11.5 Å². The summed E-state index contributed by atoms with van der Waals surface area (Å²) in [6, 6.07) is 8.29. The number of ether oxygens (including phenoxy) is 2. The molecule has 10 heteroatoms. The predicted octanol–water partition coefficient (Wildman–Crippen LogP) is 2.75. The van der Waals surface area contributed by atoms with Crippen molar-refractivity contribution in [2.75, 3.05) is 33.0 Å². The number of hydrogen-bond acceptors (Lipinski definition) is 5. The molecule has 2 aliphatic rings. The van der Waals surface area contributed by atoms with Crippen LogP contribution in [0.15, 0.2) is 47.4 Å². The second-order valence-corrected chi connectivity index (χ2v) is 9.10. The molecule has 0 N–H and O–H groups in total. The number of carbonyl (C=O) groups is 1. The molecule has 1 amide bonds. The summed E-state index contributed by atoms with van der Waals surface area (Å²) in [6.07, 6.45) is 3.02. The number of benzene rings is 2. The number of nitrogens with zero attached hydrogens (tertiary/aromatic N) is 2. The van der Waals surface area contributed by atoms with Crippen LogP contribution in [0.1, 0.15) is 5.56 Å². The maximum Gasteiger partial charge on any atom is 0.246 e. The van der Waals surface area contributed by atoms with Crippen LogP contribution in [0.4, 0.5) is 4.39 Å². The fourth-order valence-electron chi connectivity index (χ4n) is 3.28. The van der Waals surface area contributed by atoms with Crippen molar-refractivity contribution in [2.24, 2.45) is 0 Å². The van der Waals surface area contributed by atoms with E-state index < -0.39 is 15.8 Å². The van der Waals surface area contributed by atoms with Gasteiger partial charge < -0.3 is 14.4 Å². The number of sulfonamides is 1. The van der Waals surface area contributed by atoms with Gasteiger partial charge in [0.1, 0.15) is 5.82 Å². The first kappa shape index (κ1) is 20.6. The highest BCUT2D eigenvalue weighted by molar-refractivity contribution is 7.89. The van der Waals surface area contributed by atoms with Gasteiger partial charge in [-0.2, -0.15) is 4.31 Å². The molecule has 0 saturated carbocycles. The highest BCUT2D eigenvalue weighted by Crippen LogP contribution is 2.40. The molecule has 2 aromatic rings. The van der Waals surface area contributed by atoms with Crippen LogP contribution in [-0.4, -0.2) is 56.5 Å². The molecule has 2 aliphatic heterocycles. The van der Waals surface area contributed by atoms with Crippen LogP contribution in [0.3, 0.4) is 0 Å². The van der Waals surface area contributed by atoms with Crippen LogP contribution in [0, 0.1) is 5.82 Å². The molecule has 0 unspecified atom stereocenters. The summed E-state index contributed by atoms with van der Waals surface area (Å²) in [7, 11) is -3.80.